The molecule has 0 aliphatic carbocycles. The quantitative estimate of drug-likeness (QED) is 0.407. The number of anilines is 1. The van der Waals surface area contributed by atoms with Gasteiger partial charge < -0.3 is 15.1 Å². The highest BCUT2D eigenvalue weighted by Crippen LogP contribution is 2.30. The summed E-state index contributed by atoms with van der Waals surface area (Å²) in [6, 6.07) is 10.9. The number of nitrogens with one attached hydrogen (secondary N) is 2. The lowest BCUT2D eigenvalue weighted by atomic mass is 10.0. The van der Waals surface area contributed by atoms with Crippen LogP contribution >= 0.6 is 11.6 Å². The molecule has 0 aliphatic heterocycles. The number of nitrogens with zero attached hydrogens (tertiary/aromatic N) is 1. The van der Waals surface area contributed by atoms with Crippen molar-refractivity contribution in [3.05, 3.63) is 69.6 Å². The molecule has 0 amide bonds. The first kappa shape index (κ1) is 21.0. The van der Waals surface area contributed by atoms with Gasteiger partial charge in [-0.05, 0) is 48.4 Å². The van der Waals surface area contributed by atoms with Crippen molar-refractivity contribution in [3.63, 3.8) is 0 Å². The first-order valence-electron chi connectivity index (χ1n) is 9.31. The van der Waals surface area contributed by atoms with Gasteiger partial charge in [0.25, 0.3) is 15.6 Å². The fraction of sp³-hybridized carbons (Fsp3) is 0.143. The molecule has 0 spiro atoms. The molecule has 8 nitrogen and oxygen atoms in total. The van der Waals surface area contributed by atoms with E-state index >= 15 is 0 Å². The second kappa shape index (κ2) is 7.75. The fourth-order valence-corrected chi connectivity index (χ4v) is 4.94. The Morgan fingerprint density at radius 1 is 1.19 bits per heavy atom. The van der Waals surface area contributed by atoms with Crippen LogP contribution in [0.1, 0.15) is 12.0 Å². The van der Waals surface area contributed by atoms with Gasteiger partial charge in [-0.1, -0.05) is 17.7 Å². The Hall–Kier alpha value is -3.30. The number of hydrogen-bond acceptors (Lipinski definition) is 4. The number of carboxylic acid groups (broad SMARTS) is 1. The molecular formula is C21H18ClN3O5S. The first-order valence-corrected chi connectivity index (χ1v) is 11.1. The average Bonchev–Trinajstić information content (AvgIpc) is 3.16. The second-order valence-electron chi connectivity index (χ2n) is 7.07. The molecular weight excluding hydrogens is 442 g/mol. The number of aliphatic carboxylic acids is 1. The Balaban J connectivity index is 1.89. The van der Waals surface area contributed by atoms with Crippen LogP contribution in [0, 0.1) is 0 Å². The van der Waals surface area contributed by atoms with E-state index in [-0.39, 0.29) is 28.8 Å². The lowest BCUT2D eigenvalue weighted by Crippen LogP contribution is -2.26. The monoisotopic (exact) mass is 459 g/mol. The highest BCUT2D eigenvalue weighted by atomic mass is 35.5. The molecule has 3 N–H and O–H groups in total. The number of aromatic amines is 2. The lowest BCUT2D eigenvalue weighted by molar-refractivity contribution is -0.136. The summed E-state index contributed by atoms with van der Waals surface area (Å²) >= 11 is 6.00. The Morgan fingerprint density at radius 3 is 2.68 bits per heavy atom. The minimum absolute atomic E-state index is 0.0289. The minimum Gasteiger partial charge on any atom is -0.481 e. The van der Waals surface area contributed by atoms with Crippen molar-refractivity contribution >= 4 is 55.1 Å². The van der Waals surface area contributed by atoms with E-state index in [0.29, 0.717) is 32.6 Å². The van der Waals surface area contributed by atoms with Gasteiger partial charge in [0.05, 0.1) is 10.6 Å². The van der Waals surface area contributed by atoms with E-state index in [0.717, 1.165) is 4.31 Å². The number of fused-ring (bicyclic) bond motifs is 3. The predicted octanol–water partition coefficient (Wildman–Crippen LogP) is 3.51. The Labute approximate surface area is 182 Å². The molecule has 0 bridgehead atoms. The molecule has 0 aliphatic rings. The van der Waals surface area contributed by atoms with Crippen LogP contribution < -0.4 is 9.86 Å². The van der Waals surface area contributed by atoms with Crippen molar-refractivity contribution in [1.82, 2.24) is 9.97 Å². The number of rotatable bonds is 6. The number of hydrogen-bond donors (Lipinski definition) is 3. The first-order chi connectivity index (χ1) is 14.7. The third kappa shape index (κ3) is 3.77. The van der Waals surface area contributed by atoms with Gasteiger partial charge in [0, 0.05) is 41.0 Å². The highest BCUT2D eigenvalue weighted by Gasteiger charge is 2.23. The summed E-state index contributed by atoms with van der Waals surface area (Å²) in [6.45, 7) is 0. The summed E-state index contributed by atoms with van der Waals surface area (Å²) in [7, 11) is -2.49. The number of aryl methyl sites for hydroxylation is 1. The van der Waals surface area contributed by atoms with E-state index in [1.165, 1.54) is 25.2 Å². The van der Waals surface area contributed by atoms with Crippen molar-refractivity contribution in [2.75, 3.05) is 11.4 Å². The molecule has 31 heavy (non-hydrogen) atoms. The number of benzene rings is 2. The zero-order valence-corrected chi connectivity index (χ0v) is 17.9. The molecule has 0 radical (unpaired) electrons. The number of carboxylic acids is 1. The molecule has 0 unspecified atom stereocenters. The van der Waals surface area contributed by atoms with Crippen LogP contribution in [0.3, 0.4) is 0 Å². The van der Waals surface area contributed by atoms with Crippen molar-refractivity contribution in [1.29, 1.82) is 0 Å². The normalized spacial score (nSPS) is 11.8. The third-order valence-electron chi connectivity index (χ3n) is 5.14. The molecule has 160 valence electrons. The maximum Gasteiger partial charge on any atom is 0.303 e. The van der Waals surface area contributed by atoms with E-state index < -0.39 is 16.0 Å². The molecule has 2 aromatic carbocycles. The number of pyridine rings is 1. The van der Waals surface area contributed by atoms with Crippen molar-refractivity contribution in [3.8, 4) is 0 Å². The molecule has 0 fully saturated rings. The van der Waals surface area contributed by atoms with Gasteiger partial charge in [0.15, 0.2) is 0 Å². The van der Waals surface area contributed by atoms with E-state index in [1.807, 2.05) is 0 Å². The Bertz CT molecular complexity index is 1490. The largest absolute Gasteiger partial charge is 0.481 e. The van der Waals surface area contributed by atoms with Gasteiger partial charge in [-0.25, -0.2) is 8.42 Å². The Kier molecular flexibility index (Phi) is 5.24. The molecule has 4 aromatic rings. The Morgan fingerprint density at radius 2 is 1.97 bits per heavy atom. The summed E-state index contributed by atoms with van der Waals surface area (Å²) in [6.07, 6.45) is 1.67. The summed E-state index contributed by atoms with van der Waals surface area (Å²) < 4.78 is 27.6. The topological polar surface area (TPSA) is 123 Å². The summed E-state index contributed by atoms with van der Waals surface area (Å²) in [4.78, 5) is 29.0. The number of halogens is 1. The smallest absolute Gasteiger partial charge is 0.303 e. The second-order valence-corrected chi connectivity index (χ2v) is 9.48. The van der Waals surface area contributed by atoms with E-state index in [1.54, 1.807) is 30.5 Å². The van der Waals surface area contributed by atoms with E-state index in [4.69, 9.17) is 16.7 Å². The highest BCUT2D eigenvalue weighted by molar-refractivity contribution is 7.92. The molecule has 0 saturated carbocycles. The maximum atomic E-state index is 13.3. The third-order valence-corrected chi connectivity index (χ3v) is 7.15. The average molecular weight is 460 g/mol. The van der Waals surface area contributed by atoms with Gasteiger partial charge in [0.1, 0.15) is 5.52 Å². The number of sulfonamides is 1. The van der Waals surface area contributed by atoms with Crippen LogP contribution in [0.25, 0.3) is 21.8 Å². The standard InChI is InChI=1S/C21H18ClN3O5S/c1-25(14-4-2-3-13(22)9-14)31(29,30)15-6-7-17-16(10-15)19-12(5-8-18(26)27)11-23-20(19)21(28)24-17/h2-4,6-7,9-11,23H,5,8H2,1H3,(H,24,28)(H,26,27). The van der Waals surface area contributed by atoms with Gasteiger partial charge in [-0.2, -0.15) is 0 Å². The van der Waals surface area contributed by atoms with Crippen LogP contribution in [0.5, 0.6) is 0 Å². The van der Waals surface area contributed by atoms with Crippen molar-refractivity contribution in [2.24, 2.45) is 0 Å². The van der Waals surface area contributed by atoms with Crippen LogP contribution in [0.4, 0.5) is 5.69 Å². The summed E-state index contributed by atoms with van der Waals surface area (Å²) in [5.41, 5.74) is 1.40. The van der Waals surface area contributed by atoms with Crippen LogP contribution in [-0.4, -0.2) is 36.5 Å². The van der Waals surface area contributed by atoms with Gasteiger partial charge in [-0.3, -0.25) is 13.9 Å². The maximum absolute atomic E-state index is 13.3. The zero-order valence-electron chi connectivity index (χ0n) is 16.3. The number of H-pyrrole nitrogens is 2. The fourth-order valence-electron chi connectivity index (χ4n) is 3.54. The van der Waals surface area contributed by atoms with E-state index in [9.17, 15) is 18.0 Å². The molecule has 2 aromatic heterocycles. The molecule has 2 heterocycles. The van der Waals surface area contributed by atoms with Crippen molar-refractivity contribution in [2.45, 2.75) is 17.7 Å². The van der Waals surface area contributed by atoms with Gasteiger partial charge >= 0.3 is 5.97 Å². The minimum atomic E-state index is -3.92. The molecule has 0 saturated heterocycles. The van der Waals surface area contributed by atoms with Gasteiger partial charge in [0.2, 0.25) is 0 Å². The molecule has 10 heteroatoms. The summed E-state index contributed by atoms with van der Waals surface area (Å²) in [5, 5.41) is 10.5. The molecule has 0 atom stereocenters. The predicted molar refractivity (Wildman–Crippen MR) is 119 cm³/mol. The van der Waals surface area contributed by atoms with E-state index in [2.05, 4.69) is 9.97 Å². The van der Waals surface area contributed by atoms with Crippen LogP contribution in [0.2, 0.25) is 5.02 Å². The van der Waals surface area contributed by atoms with Crippen molar-refractivity contribution < 1.29 is 18.3 Å². The number of aromatic nitrogens is 2. The molecule has 4 rings (SSSR count). The SMILES string of the molecule is CN(c1cccc(Cl)c1)S(=O)(=O)c1ccc2[nH]c(=O)c3[nH]cc(CCC(=O)O)c3c2c1. The van der Waals surface area contributed by atoms with Crippen LogP contribution in [-0.2, 0) is 21.2 Å². The zero-order chi connectivity index (χ0) is 22.3. The van der Waals surface area contributed by atoms with Crippen LogP contribution in [0.15, 0.2) is 58.4 Å². The lowest BCUT2D eigenvalue weighted by Gasteiger charge is -2.20. The van der Waals surface area contributed by atoms with Gasteiger partial charge in [-0.15, -0.1) is 0 Å². The number of carbonyl (C=O) groups is 1. The summed E-state index contributed by atoms with van der Waals surface area (Å²) in [5.74, 6) is -0.963.